The summed E-state index contributed by atoms with van der Waals surface area (Å²) in [6.45, 7) is 5.71. The summed E-state index contributed by atoms with van der Waals surface area (Å²) in [5, 5.41) is 8.20. The standard InChI is InChI=1S/C29H34N8O2/c1-16-5-8-23(38-4)17(2)26(16)39-28-25-21(11-24(36-28)37-10-9-20(15-37)31-3)22(14-32-27(25)30)35-29-33-12-19(13-34-29)18-6-7-18/h5,8,11-14,18,20,31H,6-7,9-10,15H2,1-4H3,(H2,30,32)(H,33,34,35)/t20-/m1/s1. The highest BCUT2D eigenvalue weighted by atomic mass is 16.5. The number of methoxy groups -OCH3 is 1. The summed E-state index contributed by atoms with van der Waals surface area (Å²) in [5.41, 5.74) is 10.2. The van der Waals surface area contributed by atoms with Crippen molar-refractivity contribution >= 4 is 34.0 Å². The van der Waals surface area contributed by atoms with Crippen LogP contribution in [-0.2, 0) is 0 Å². The molecule has 1 saturated heterocycles. The Morgan fingerprint density at radius 1 is 1.05 bits per heavy atom. The summed E-state index contributed by atoms with van der Waals surface area (Å²) >= 11 is 0. The number of hydrogen-bond donors (Lipinski definition) is 3. The number of aryl methyl sites for hydroxylation is 1. The molecule has 10 heteroatoms. The van der Waals surface area contributed by atoms with Crippen molar-refractivity contribution in [2.45, 2.75) is 45.1 Å². The number of nitrogens with one attached hydrogen (secondary N) is 2. The zero-order chi connectivity index (χ0) is 27.1. The topological polar surface area (TPSA) is 123 Å². The molecule has 3 aromatic heterocycles. The number of likely N-dealkylation sites (N-methyl/N-ethyl adjacent to an activating group) is 1. The van der Waals surface area contributed by atoms with Gasteiger partial charge in [-0.2, -0.15) is 4.98 Å². The van der Waals surface area contributed by atoms with Gasteiger partial charge in [0.05, 0.1) is 24.4 Å². The smallest absolute Gasteiger partial charge is 0.232 e. The van der Waals surface area contributed by atoms with Gasteiger partial charge in [-0.05, 0) is 69.3 Å². The number of nitrogen functional groups attached to an aromatic ring is 1. The summed E-state index contributed by atoms with van der Waals surface area (Å²) in [4.78, 5) is 20.8. The summed E-state index contributed by atoms with van der Waals surface area (Å²) in [6, 6.07) is 6.36. The van der Waals surface area contributed by atoms with E-state index >= 15 is 0 Å². The number of fused-ring (bicyclic) bond motifs is 1. The zero-order valence-corrected chi connectivity index (χ0v) is 22.8. The maximum absolute atomic E-state index is 6.57. The molecule has 1 aliphatic carbocycles. The van der Waals surface area contributed by atoms with Crippen molar-refractivity contribution < 1.29 is 9.47 Å². The first-order valence-electron chi connectivity index (χ1n) is 13.4. The van der Waals surface area contributed by atoms with E-state index in [0.29, 0.717) is 40.7 Å². The molecular weight excluding hydrogens is 492 g/mol. The van der Waals surface area contributed by atoms with E-state index in [2.05, 4.69) is 30.5 Å². The number of benzene rings is 1. The van der Waals surface area contributed by atoms with Crippen LogP contribution in [0.5, 0.6) is 17.4 Å². The Hall–Kier alpha value is -4.18. The Morgan fingerprint density at radius 2 is 1.85 bits per heavy atom. The summed E-state index contributed by atoms with van der Waals surface area (Å²) in [6.07, 6.45) is 8.96. The van der Waals surface area contributed by atoms with Crippen LogP contribution in [0.15, 0.2) is 36.8 Å². The lowest BCUT2D eigenvalue weighted by molar-refractivity contribution is 0.402. The van der Waals surface area contributed by atoms with Crippen LogP contribution in [0.1, 0.15) is 41.9 Å². The lowest BCUT2D eigenvalue weighted by atomic mass is 10.1. The molecule has 1 aliphatic heterocycles. The number of pyridine rings is 2. The lowest BCUT2D eigenvalue weighted by Gasteiger charge is -2.22. The average Bonchev–Trinajstić information content (AvgIpc) is 3.69. The van der Waals surface area contributed by atoms with Crippen molar-refractivity contribution in [3.05, 3.63) is 53.5 Å². The maximum Gasteiger partial charge on any atom is 0.232 e. The molecular formula is C29H34N8O2. The third-order valence-electron chi connectivity index (χ3n) is 7.71. The Balaban J connectivity index is 1.46. The molecule has 202 valence electrons. The molecule has 4 aromatic rings. The van der Waals surface area contributed by atoms with Gasteiger partial charge in [0.25, 0.3) is 0 Å². The molecule has 1 aromatic carbocycles. The van der Waals surface area contributed by atoms with Gasteiger partial charge in [0.15, 0.2) is 0 Å². The van der Waals surface area contributed by atoms with Crippen molar-refractivity contribution in [3.63, 3.8) is 0 Å². The quantitative estimate of drug-likeness (QED) is 0.294. The van der Waals surface area contributed by atoms with E-state index < -0.39 is 0 Å². The van der Waals surface area contributed by atoms with Crippen LogP contribution in [-0.4, -0.2) is 53.2 Å². The minimum absolute atomic E-state index is 0.335. The van der Waals surface area contributed by atoms with Crippen molar-refractivity contribution in [1.29, 1.82) is 0 Å². The van der Waals surface area contributed by atoms with Crippen LogP contribution in [0, 0.1) is 13.8 Å². The van der Waals surface area contributed by atoms with Gasteiger partial charge in [0, 0.05) is 42.5 Å². The largest absolute Gasteiger partial charge is 0.496 e. The van der Waals surface area contributed by atoms with E-state index in [9.17, 15) is 0 Å². The fourth-order valence-corrected chi connectivity index (χ4v) is 5.21. The van der Waals surface area contributed by atoms with Crippen LogP contribution in [0.3, 0.4) is 0 Å². The fourth-order valence-electron chi connectivity index (χ4n) is 5.21. The van der Waals surface area contributed by atoms with Gasteiger partial charge in [0.1, 0.15) is 23.1 Å². The second kappa shape index (κ2) is 10.2. The highest BCUT2D eigenvalue weighted by Crippen LogP contribution is 2.42. The minimum atomic E-state index is 0.335. The Kier molecular flexibility index (Phi) is 6.56. The molecule has 0 unspecified atom stereocenters. The van der Waals surface area contributed by atoms with E-state index in [-0.39, 0.29) is 0 Å². The zero-order valence-electron chi connectivity index (χ0n) is 22.8. The van der Waals surface area contributed by atoms with Crippen LogP contribution in [0.2, 0.25) is 0 Å². The molecule has 0 radical (unpaired) electrons. The van der Waals surface area contributed by atoms with Crippen LogP contribution in [0.25, 0.3) is 10.8 Å². The van der Waals surface area contributed by atoms with E-state index in [4.69, 9.17) is 20.2 Å². The van der Waals surface area contributed by atoms with Gasteiger partial charge in [0.2, 0.25) is 11.8 Å². The van der Waals surface area contributed by atoms with Crippen molar-refractivity contribution in [2.24, 2.45) is 0 Å². The molecule has 4 heterocycles. The molecule has 0 amide bonds. The van der Waals surface area contributed by atoms with Gasteiger partial charge in [-0.3, -0.25) is 0 Å². The second-order valence-corrected chi connectivity index (χ2v) is 10.4. The van der Waals surface area contributed by atoms with Crippen LogP contribution < -0.4 is 30.7 Å². The lowest BCUT2D eigenvalue weighted by Crippen LogP contribution is -2.29. The first-order valence-corrected chi connectivity index (χ1v) is 13.4. The molecule has 6 rings (SSSR count). The van der Waals surface area contributed by atoms with E-state index in [1.807, 2.05) is 51.5 Å². The number of nitrogens with two attached hydrogens (primary N) is 1. The molecule has 0 bridgehead atoms. The van der Waals surface area contributed by atoms with Gasteiger partial charge in [-0.15, -0.1) is 0 Å². The van der Waals surface area contributed by atoms with Crippen molar-refractivity contribution in [3.8, 4) is 17.4 Å². The normalized spacial score (nSPS) is 17.0. The molecule has 39 heavy (non-hydrogen) atoms. The van der Waals surface area contributed by atoms with Gasteiger partial charge in [-0.1, -0.05) is 6.07 Å². The molecule has 2 aliphatic rings. The molecule has 10 nitrogen and oxygen atoms in total. The van der Waals surface area contributed by atoms with E-state index in [0.717, 1.165) is 53.3 Å². The van der Waals surface area contributed by atoms with E-state index in [1.54, 1.807) is 13.3 Å². The molecule has 1 atom stereocenters. The molecule has 4 N–H and O–H groups in total. The Morgan fingerprint density at radius 3 is 2.54 bits per heavy atom. The van der Waals surface area contributed by atoms with Gasteiger partial charge < -0.3 is 30.7 Å². The molecule has 1 saturated carbocycles. The number of ether oxygens (including phenoxy) is 2. The predicted octanol–water partition coefficient (Wildman–Crippen LogP) is 4.84. The third-order valence-corrected chi connectivity index (χ3v) is 7.71. The highest BCUT2D eigenvalue weighted by Gasteiger charge is 2.26. The predicted molar refractivity (Wildman–Crippen MR) is 153 cm³/mol. The fraction of sp³-hybridized carbons (Fsp3) is 0.379. The number of nitrogens with zero attached hydrogens (tertiary/aromatic N) is 5. The second-order valence-electron chi connectivity index (χ2n) is 10.4. The summed E-state index contributed by atoms with van der Waals surface area (Å²) in [7, 11) is 3.65. The number of rotatable bonds is 8. The maximum atomic E-state index is 6.57. The number of hydrogen-bond acceptors (Lipinski definition) is 10. The van der Waals surface area contributed by atoms with Gasteiger partial charge >= 0.3 is 0 Å². The van der Waals surface area contributed by atoms with Crippen molar-refractivity contribution in [2.75, 3.05) is 43.2 Å². The van der Waals surface area contributed by atoms with Crippen LogP contribution >= 0.6 is 0 Å². The SMILES string of the molecule is CN[C@@H]1CCN(c2cc3c(Nc4ncc(C5CC5)cn4)cnc(N)c3c(Oc3c(C)ccc(OC)c3C)n2)C1. The molecule has 2 fully saturated rings. The van der Waals surface area contributed by atoms with E-state index in [1.165, 1.54) is 18.4 Å². The summed E-state index contributed by atoms with van der Waals surface area (Å²) in [5.74, 6) is 4.07. The average molecular weight is 527 g/mol. The minimum Gasteiger partial charge on any atom is -0.496 e. The van der Waals surface area contributed by atoms with Crippen LogP contribution in [0.4, 0.5) is 23.3 Å². The Labute approximate surface area is 228 Å². The number of aromatic nitrogens is 4. The monoisotopic (exact) mass is 526 g/mol. The first-order chi connectivity index (χ1) is 18.9. The summed E-state index contributed by atoms with van der Waals surface area (Å²) < 4.78 is 12.1. The Bertz CT molecular complexity index is 1520. The number of anilines is 4. The van der Waals surface area contributed by atoms with Gasteiger partial charge in [-0.25, -0.2) is 15.0 Å². The molecule has 0 spiro atoms. The third kappa shape index (κ3) is 4.87. The first kappa shape index (κ1) is 25.1. The van der Waals surface area contributed by atoms with Crippen molar-refractivity contribution in [1.82, 2.24) is 25.3 Å². The highest BCUT2D eigenvalue weighted by molar-refractivity contribution is 6.04.